The highest BCUT2D eigenvalue weighted by molar-refractivity contribution is 7.15. The van der Waals surface area contributed by atoms with Gasteiger partial charge in [0.15, 0.2) is 0 Å². The molecule has 0 amide bonds. The lowest BCUT2D eigenvalue weighted by molar-refractivity contribution is 1.11. The van der Waals surface area contributed by atoms with E-state index in [0.717, 1.165) is 11.3 Å². The summed E-state index contributed by atoms with van der Waals surface area (Å²) < 4.78 is 0. The number of rotatable bonds is 1. The maximum atomic E-state index is 5.65. The molecule has 2 aromatic rings. The monoisotopic (exact) mass is 193 g/mol. The van der Waals surface area contributed by atoms with Gasteiger partial charge in [-0.05, 0) is 26.0 Å². The van der Waals surface area contributed by atoms with Crippen molar-refractivity contribution in [2.24, 2.45) is 0 Å². The summed E-state index contributed by atoms with van der Waals surface area (Å²) >= 11 is 1.74. The number of nitrogens with two attached hydrogens (primary N) is 1. The molecule has 68 valence electrons. The van der Waals surface area contributed by atoms with Crippen LogP contribution in [0, 0.1) is 13.8 Å². The molecule has 0 atom stereocenters. The average molecular weight is 193 g/mol. The standard InChI is InChI=1S/C9H11N3S/c1-5-3-4-7(13-5)8-6(2)9(10)12-11-8/h3-4H,1-2H3,(H3,10,11,12). The Kier molecular flexibility index (Phi) is 1.84. The molecular weight excluding hydrogens is 182 g/mol. The Bertz CT molecular complexity index is 428. The summed E-state index contributed by atoms with van der Waals surface area (Å²) in [7, 11) is 0. The zero-order chi connectivity index (χ0) is 9.42. The SMILES string of the molecule is Cc1ccc(-c2[nH]nc(N)c2C)s1. The molecule has 0 spiro atoms. The highest BCUT2D eigenvalue weighted by Gasteiger charge is 2.09. The van der Waals surface area contributed by atoms with Gasteiger partial charge in [-0.2, -0.15) is 5.10 Å². The van der Waals surface area contributed by atoms with E-state index in [2.05, 4.69) is 29.3 Å². The highest BCUT2D eigenvalue weighted by atomic mass is 32.1. The lowest BCUT2D eigenvalue weighted by Gasteiger charge is -1.92. The number of thiophene rings is 1. The largest absolute Gasteiger partial charge is 0.382 e. The van der Waals surface area contributed by atoms with Gasteiger partial charge in [0, 0.05) is 10.4 Å². The quantitative estimate of drug-likeness (QED) is 0.730. The fraction of sp³-hybridized carbons (Fsp3) is 0.222. The molecule has 0 aliphatic rings. The van der Waals surface area contributed by atoms with E-state index in [-0.39, 0.29) is 0 Å². The summed E-state index contributed by atoms with van der Waals surface area (Å²) in [5.74, 6) is 0.584. The molecule has 2 rings (SSSR count). The van der Waals surface area contributed by atoms with Gasteiger partial charge in [-0.15, -0.1) is 11.3 Å². The second-order valence-corrected chi connectivity index (χ2v) is 4.31. The van der Waals surface area contributed by atoms with Crippen molar-refractivity contribution < 1.29 is 0 Å². The molecule has 13 heavy (non-hydrogen) atoms. The van der Waals surface area contributed by atoms with Gasteiger partial charge in [0.05, 0.1) is 10.6 Å². The smallest absolute Gasteiger partial charge is 0.148 e. The van der Waals surface area contributed by atoms with Crippen LogP contribution >= 0.6 is 11.3 Å². The van der Waals surface area contributed by atoms with E-state index in [1.165, 1.54) is 9.75 Å². The molecular formula is C9H11N3S. The average Bonchev–Trinajstić information content (AvgIpc) is 2.62. The number of hydrogen-bond acceptors (Lipinski definition) is 3. The Morgan fingerprint density at radius 1 is 1.38 bits per heavy atom. The summed E-state index contributed by atoms with van der Waals surface area (Å²) in [6.07, 6.45) is 0. The van der Waals surface area contributed by atoms with E-state index in [1.54, 1.807) is 11.3 Å². The van der Waals surface area contributed by atoms with Crippen molar-refractivity contribution in [3.05, 3.63) is 22.6 Å². The predicted molar refractivity (Wildman–Crippen MR) is 55.8 cm³/mol. The lowest BCUT2D eigenvalue weighted by atomic mass is 10.2. The number of anilines is 1. The Labute approximate surface area is 80.6 Å². The molecule has 0 aliphatic carbocycles. The molecule has 0 aromatic carbocycles. The van der Waals surface area contributed by atoms with Crippen LogP contribution in [-0.4, -0.2) is 10.2 Å². The van der Waals surface area contributed by atoms with Crippen LogP contribution in [0.1, 0.15) is 10.4 Å². The third kappa shape index (κ3) is 1.33. The number of aromatic amines is 1. The third-order valence-electron chi connectivity index (χ3n) is 2.03. The van der Waals surface area contributed by atoms with Crippen LogP contribution in [0.25, 0.3) is 10.6 Å². The van der Waals surface area contributed by atoms with Crippen LogP contribution in [-0.2, 0) is 0 Å². The first kappa shape index (κ1) is 8.31. The Hall–Kier alpha value is -1.29. The molecule has 0 saturated carbocycles. The van der Waals surface area contributed by atoms with E-state index in [9.17, 15) is 0 Å². The Morgan fingerprint density at radius 3 is 2.62 bits per heavy atom. The zero-order valence-electron chi connectivity index (χ0n) is 7.59. The normalized spacial score (nSPS) is 10.6. The molecule has 0 saturated heterocycles. The molecule has 2 aromatic heterocycles. The van der Waals surface area contributed by atoms with Crippen molar-refractivity contribution in [3.8, 4) is 10.6 Å². The summed E-state index contributed by atoms with van der Waals surface area (Å²) in [6.45, 7) is 4.06. The maximum Gasteiger partial charge on any atom is 0.148 e. The number of H-pyrrole nitrogens is 1. The third-order valence-corrected chi connectivity index (χ3v) is 3.05. The Morgan fingerprint density at radius 2 is 2.15 bits per heavy atom. The molecule has 0 unspecified atom stereocenters. The van der Waals surface area contributed by atoms with E-state index >= 15 is 0 Å². The van der Waals surface area contributed by atoms with Gasteiger partial charge in [-0.3, -0.25) is 5.10 Å². The number of nitrogens with one attached hydrogen (secondary N) is 1. The topological polar surface area (TPSA) is 54.7 Å². The van der Waals surface area contributed by atoms with Crippen molar-refractivity contribution in [1.29, 1.82) is 0 Å². The van der Waals surface area contributed by atoms with Crippen LogP contribution < -0.4 is 5.73 Å². The highest BCUT2D eigenvalue weighted by Crippen LogP contribution is 2.30. The summed E-state index contributed by atoms with van der Waals surface area (Å²) in [5.41, 5.74) is 7.71. The van der Waals surface area contributed by atoms with E-state index in [0.29, 0.717) is 5.82 Å². The Balaban J connectivity index is 2.52. The summed E-state index contributed by atoms with van der Waals surface area (Å²) in [4.78, 5) is 2.49. The number of nitrogen functional groups attached to an aromatic ring is 1. The van der Waals surface area contributed by atoms with E-state index < -0.39 is 0 Å². The van der Waals surface area contributed by atoms with Crippen molar-refractivity contribution in [2.75, 3.05) is 5.73 Å². The van der Waals surface area contributed by atoms with Crippen molar-refractivity contribution in [1.82, 2.24) is 10.2 Å². The summed E-state index contributed by atoms with van der Waals surface area (Å²) in [5, 5.41) is 6.90. The van der Waals surface area contributed by atoms with E-state index in [4.69, 9.17) is 5.73 Å². The maximum absolute atomic E-state index is 5.65. The van der Waals surface area contributed by atoms with Gasteiger partial charge < -0.3 is 5.73 Å². The predicted octanol–water partition coefficient (Wildman–Crippen LogP) is 2.34. The molecule has 3 N–H and O–H groups in total. The first-order valence-electron chi connectivity index (χ1n) is 4.05. The number of nitrogens with zero attached hydrogens (tertiary/aromatic N) is 1. The molecule has 2 heterocycles. The minimum Gasteiger partial charge on any atom is -0.382 e. The van der Waals surface area contributed by atoms with Crippen molar-refractivity contribution in [3.63, 3.8) is 0 Å². The van der Waals surface area contributed by atoms with Crippen molar-refractivity contribution in [2.45, 2.75) is 13.8 Å². The fourth-order valence-corrected chi connectivity index (χ4v) is 2.14. The van der Waals surface area contributed by atoms with Crippen LogP contribution in [0.3, 0.4) is 0 Å². The fourth-order valence-electron chi connectivity index (χ4n) is 1.22. The summed E-state index contributed by atoms with van der Waals surface area (Å²) in [6, 6.07) is 4.18. The second-order valence-electron chi connectivity index (χ2n) is 3.02. The van der Waals surface area contributed by atoms with Crippen molar-refractivity contribution >= 4 is 17.2 Å². The van der Waals surface area contributed by atoms with Gasteiger partial charge in [0.25, 0.3) is 0 Å². The van der Waals surface area contributed by atoms with Gasteiger partial charge in [-0.1, -0.05) is 0 Å². The van der Waals surface area contributed by atoms with Gasteiger partial charge in [0.2, 0.25) is 0 Å². The number of hydrogen-bond donors (Lipinski definition) is 2. The minimum atomic E-state index is 0.584. The molecule has 0 bridgehead atoms. The van der Waals surface area contributed by atoms with Gasteiger partial charge >= 0.3 is 0 Å². The first-order valence-corrected chi connectivity index (χ1v) is 4.87. The second kappa shape index (κ2) is 2.88. The van der Waals surface area contributed by atoms with Crippen LogP contribution in [0.5, 0.6) is 0 Å². The van der Waals surface area contributed by atoms with Crippen LogP contribution in [0.2, 0.25) is 0 Å². The van der Waals surface area contributed by atoms with E-state index in [1.807, 2.05) is 6.92 Å². The van der Waals surface area contributed by atoms with Crippen LogP contribution in [0.15, 0.2) is 12.1 Å². The van der Waals surface area contributed by atoms with Gasteiger partial charge in [-0.25, -0.2) is 0 Å². The lowest BCUT2D eigenvalue weighted by Crippen LogP contribution is -1.85. The minimum absolute atomic E-state index is 0.584. The molecule has 0 fully saturated rings. The van der Waals surface area contributed by atoms with Crippen LogP contribution in [0.4, 0.5) is 5.82 Å². The molecule has 0 aliphatic heterocycles. The molecule has 3 nitrogen and oxygen atoms in total. The molecule has 4 heteroatoms. The number of aromatic nitrogens is 2. The molecule has 0 radical (unpaired) electrons. The first-order chi connectivity index (χ1) is 6.18. The van der Waals surface area contributed by atoms with Gasteiger partial charge in [0.1, 0.15) is 5.82 Å². The zero-order valence-corrected chi connectivity index (χ0v) is 8.40. The number of aryl methyl sites for hydroxylation is 1.